The van der Waals surface area contributed by atoms with Crippen LogP contribution in [0.25, 0.3) is 0 Å². The summed E-state index contributed by atoms with van der Waals surface area (Å²) < 4.78 is 68.2. The van der Waals surface area contributed by atoms with E-state index in [2.05, 4.69) is 58.9 Å². The number of aliphatic hydroxyl groups is 1. The molecule has 0 rings (SSSR count). The molecule has 5 atom stereocenters. The first-order valence-electron chi connectivity index (χ1n) is 36.5. The van der Waals surface area contributed by atoms with E-state index in [1.807, 2.05) is 0 Å². The van der Waals surface area contributed by atoms with Gasteiger partial charge in [-0.05, 0) is 57.3 Å². The Kier molecular flexibility index (Phi) is 62.2. The van der Waals surface area contributed by atoms with E-state index in [1.165, 1.54) is 154 Å². The monoisotopic (exact) mass is 1320 g/mol. The smallest absolute Gasteiger partial charge is 0.462 e. The first kappa shape index (κ1) is 87.5. The van der Waals surface area contributed by atoms with Crippen LogP contribution < -0.4 is 0 Å². The van der Waals surface area contributed by atoms with E-state index in [4.69, 9.17) is 37.0 Å². The third-order valence-corrected chi connectivity index (χ3v) is 17.8. The van der Waals surface area contributed by atoms with E-state index in [1.54, 1.807) is 0 Å². The summed E-state index contributed by atoms with van der Waals surface area (Å²) in [4.78, 5) is 72.5. The lowest BCUT2D eigenvalue weighted by molar-refractivity contribution is -0.161. The first-order chi connectivity index (χ1) is 43.5. The van der Waals surface area contributed by atoms with Crippen molar-refractivity contribution in [3.05, 3.63) is 24.3 Å². The predicted molar refractivity (Wildman–Crippen MR) is 363 cm³/mol. The second-order valence-electron chi connectivity index (χ2n) is 25.4. The lowest BCUT2D eigenvalue weighted by Crippen LogP contribution is -2.30. The summed E-state index contributed by atoms with van der Waals surface area (Å²) in [5.74, 6) is -1.38. The van der Waals surface area contributed by atoms with Crippen molar-refractivity contribution in [1.82, 2.24) is 0 Å². The summed E-state index contributed by atoms with van der Waals surface area (Å²) in [6, 6.07) is 0. The van der Waals surface area contributed by atoms with Gasteiger partial charge in [0.1, 0.15) is 19.3 Å². The third-order valence-electron chi connectivity index (χ3n) is 15.9. The minimum Gasteiger partial charge on any atom is -0.462 e. The third kappa shape index (κ3) is 64.3. The molecule has 3 N–H and O–H groups in total. The molecule has 19 heteroatoms. The Hall–Kier alpha value is -2.46. The number of carbonyl (C=O) groups excluding carboxylic acids is 4. The topological polar surface area (TPSA) is 237 Å². The van der Waals surface area contributed by atoms with E-state index in [-0.39, 0.29) is 25.7 Å². The van der Waals surface area contributed by atoms with Gasteiger partial charge in [-0.25, -0.2) is 9.13 Å². The van der Waals surface area contributed by atoms with Gasteiger partial charge in [-0.15, -0.1) is 0 Å². The number of phosphoric ester groups is 2. The molecule has 0 amide bonds. The highest BCUT2D eigenvalue weighted by atomic mass is 31.2. The minimum absolute atomic E-state index is 0.0851. The molecule has 0 aliphatic heterocycles. The molecule has 0 aromatic heterocycles. The number of esters is 4. The van der Waals surface area contributed by atoms with Crippen LogP contribution in [0.4, 0.5) is 0 Å². The van der Waals surface area contributed by atoms with Crippen LogP contribution in [0.2, 0.25) is 0 Å². The molecular weight excluding hydrogens is 1190 g/mol. The second-order valence-corrected chi connectivity index (χ2v) is 28.3. The Balaban J connectivity index is 5.28. The Labute approximate surface area is 548 Å². The summed E-state index contributed by atoms with van der Waals surface area (Å²) in [5.41, 5.74) is 0. The van der Waals surface area contributed by atoms with Crippen molar-refractivity contribution in [1.29, 1.82) is 0 Å². The number of phosphoric acid groups is 2. The average molecular weight is 1320 g/mol. The van der Waals surface area contributed by atoms with Crippen molar-refractivity contribution in [3.63, 3.8) is 0 Å². The molecular formula is C71H134O17P2. The van der Waals surface area contributed by atoms with E-state index >= 15 is 0 Å². The van der Waals surface area contributed by atoms with Crippen molar-refractivity contribution in [2.45, 2.75) is 361 Å². The van der Waals surface area contributed by atoms with Gasteiger partial charge in [0.15, 0.2) is 12.2 Å². The standard InChI is InChI=1S/C71H134O17P2/c1-6-9-12-15-18-21-24-25-26-27-31-37-42-47-52-57-71(76)88-67(61-82-69(74)55-50-45-40-35-32-28-30-33-38-43-48-53-64(4)5)63-86-90(79,80)84-59-65(72)58-83-89(77,78)85-62-66(60-81-68(73)54-49-44-39-34-23-20-17-14-11-8-3)87-70(75)56-51-46-41-36-29-22-19-16-13-10-7-2/h21,24-26,64-67,72H,6-20,22-23,27-63H2,1-5H3,(H,77,78)(H,79,80)/b24-21-,26-25-/t65-,66+,67+/m0/s1. The molecule has 0 saturated carbocycles. The SMILES string of the molecule is CCCCCC/C=C\C=C/CCCCCCCC(=O)O[C@H](COC(=O)CCCCCCCCCCCCCC(C)C)COP(=O)(O)OC[C@@H](O)COP(=O)(O)OC[C@@H](COC(=O)CCCCCCCCCCCC)OC(=O)CCCCCCCCCCCCC. The molecule has 90 heavy (non-hydrogen) atoms. The van der Waals surface area contributed by atoms with Crippen molar-refractivity contribution in [2.24, 2.45) is 5.92 Å². The van der Waals surface area contributed by atoms with Crippen LogP contribution in [-0.2, 0) is 65.4 Å². The minimum atomic E-state index is -4.96. The molecule has 0 aromatic carbocycles. The van der Waals surface area contributed by atoms with Crippen LogP contribution in [0, 0.1) is 5.92 Å². The molecule has 2 unspecified atom stereocenters. The summed E-state index contributed by atoms with van der Waals surface area (Å²) in [7, 11) is -9.91. The number of rotatable bonds is 69. The zero-order valence-electron chi connectivity index (χ0n) is 57.8. The number of hydrogen-bond acceptors (Lipinski definition) is 15. The van der Waals surface area contributed by atoms with Crippen LogP contribution in [0.1, 0.15) is 343 Å². The Bertz CT molecular complexity index is 1830. The van der Waals surface area contributed by atoms with Gasteiger partial charge in [-0.2, -0.15) is 0 Å². The number of ether oxygens (including phenoxy) is 4. The molecule has 0 heterocycles. The molecule has 0 bridgehead atoms. The van der Waals surface area contributed by atoms with Crippen molar-refractivity contribution in [3.8, 4) is 0 Å². The van der Waals surface area contributed by atoms with Gasteiger partial charge in [0.25, 0.3) is 0 Å². The fourth-order valence-corrected chi connectivity index (χ4v) is 11.9. The second kappa shape index (κ2) is 63.9. The number of carbonyl (C=O) groups is 4. The number of hydrogen-bond donors (Lipinski definition) is 3. The number of aliphatic hydroxyl groups excluding tert-OH is 1. The fourth-order valence-electron chi connectivity index (χ4n) is 10.3. The van der Waals surface area contributed by atoms with Gasteiger partial charge in [0, 0.05) is 25.7 Å². The normalized spacial score (nSPS) is 14.2. The average Bonchev–Trinajstić information content (AvgIpc) is 3.72. The lowest BCUT2D eigenvalue weighted by Gasteiger charge is -2.21. The van der Waals surface area contributed by atoms with Gasteiger partial charge in [-0.1, -0.05) is 290 Å². The van der Waals surface area contributed by atoms with Gasteiger partial charge >= 0.3 is 39.5 Å². The van der Waals surface area contributed by atoms with Crippen molar-refractivity contribution >= 4 is 39.5 Å². The van der Waals surface area contributed by atoms with Gasteiger partial charge in [0.05, 0.1) is 26.4 Å². The zero-order chi connectivity index (χ0) is 66.3. The van der Waals surface area contributed by atoms with Crippen LogP contribution in [0.3, 0.4) is 0 Å². The molecule has 0 radical (unpaired) electrons. The summed E-state index contributed by atoms with van der Waals surface area (Å²) in [6.45, 7) is 7.18. The lowest BCUT2D eigenvalue weighted by atomic mass is 10.0. The van der Waals surface area contributed by atoms with Gasteiger partial charge in [0.2, 0.25) is 0 Å². The molecule has 530 valence electrons. The maximum atomic E-state index is 13.0. The maximum absolute atomic E-state index is 13.0. The van der Waals surface area contributed by atoms with Crippen LogP contribution in [-0.4, -0.2) is 96.7 Å². The van der Waals surface area contributed by atoms with Crippen LogP contribution in [0.15, 0.2) is 24.3 Å². The van der Waals surface area contributed by atoms with E-state index in [0.29, 0.717) is 25.7 Å². The Morgan fingerprint density at radius 3 is 0.911 bits per heavy atom. The maximum Gasteiger partial charge on any atom is 0.472 e. The molecule has 0 saturated heterocycles. The number of unbranched alkanes of at least 4 members (excludes halogenated alkanes) is 38. The van der Waals surface area contributed by atoms with Crippen molar-refractivity contribution < 1.29 is 80.2 Å². The number of allylic oxidation sites excluding steroid dienone is 4. The quantitative estimate of drug-likeness (QED) is 0.0169. The van der Waals surface area contributed by atoms with E-state index in [9.17, 15) is 43.2 Å². The van der Waals surface area contributed by atoms with Crippen LogP contribution >= 0.6 is 15.6 Å². The summed E-state index contributed by atoms with van der Waals surface area (Å²) >= 11 is 0. The van der Waals surface area contributed by atoms with Gasteiger partial charge in [-0.3, -0.25) is 37.3 Å². The molecule has 17 nitrogen and oxygen atoms in total. The Morgan fingerprint density at radius 2 is 0.600 bits per heavy atom. The highest BCUT2D eigenvalue weighted by Crippen LogP contribution is 2.45. The molecule has 0 fully saturated rings. The predicted octanol–water partition coefficient (Wildman–Crippen LogP) is 20.1. The highest BCUT2D eigenvalue weighted by molar-refractivity contribution is 7.47. The molecule has 0 spiro atoms. The largest absolute Gasteiger partial charge is 0.472 e. The zero-order valence-corrected chi connectivity index (χ0v) is 59.5. The molecule has 0 aromatic rings. The van der Waals surface area contributed by atoms with Gasteiger partial charge < -0.3 is 33.8 Å². The molecule has 0 aliphatic rings. The summed E-state index contributed by atoms with van der Waals surface area (Å²) in [5, 5.41) is 10.6. The van der Waals surface area contributed by atoms with Crippen molar-refractivity contribution in [2.75, 3.05) is 39.6 Å². The van der Waals surface area contributed by atoms with Crippen LogP contribution in [0.5, 0.6) is 0 Å². The molecule has 0 aliphatic carbocycles. The Morgan fingerprint density at radius 1 is 0.344 bits per heavy atom. The van der Waals surface area contributed by atoms with E-state index in [0.717, 1.165) is 109 Å². The fraction of sp³-hybridized carbons (Fsp3) is 0.887. The highest BCUT2D eigenvalue weighted by Gasteiger charge is 2.30. The summed E-state index contributed by atoms with van der Waals surface area (Å²) in [6.07, 6.45) is 53.4. The van der Waals surface area contributed by atoms with E-state index < -0.39 is 97.5 Å². The first-order valence-corrected chi connectivity index (χ1v) is 39.4.